The van der Waals surface area contributed by atoms with Gasteiger partial charge in [-0.3, -0.25) is 19.7 Å². The van der Waals surface area contributed by atoms with Crippen LogP contribution in [0.4, 0.5) is 10.5 Å². The fourth-order valence-corrected chi connectivity index (χ4v) is 5.80. The van der Waals surface area contributed by atoms with Crippen LogP contribution in [0.25, 0.3) is 0 Å². The van der Waals surface area contributed by atoms with E-state index < -0.39 is 11.9 Å². The first-order chi connectivity index (χ1) is 17.3. The number of carbonyl (C=O) groups excluding carboxylic acids is 4. The molecule has 2 aromatic rings. The third-order valence-corrected chi connectivity index (χ3v) is 7.89. The zero-order valence-electron chi connectivity index (χ0n) is 19.9. The van der Waals surface area contributed by atoms with Crippen LogP contribution in [0.15, 0.2) is 42.5 Å². The molecule has 1 unspecified atom stereocenters. The molecule has 36 heavy (non-hydrogen) atoms. The van der Waals surface area contributed by atoms with Crippen molar-refractivity contribution in [1.82, 2.24) is 15.5 Å². The molecule has 9 heteroatoms. The summed E-state index contributed by atoms with van der Waals surface area (Å²) in [6.07, 6.45) is 5.97. The normalized spacial score (nSPS) is 21.1. The van der Waals surface area contributed by atoms with Gasteiger partial charge in [-0.2, -0.15) is 0 Å². The maximum absolute atomic E-state index is 12.9. The first-order valence-electron chi connectivity index (χ1n) is 12.4. The molecule has 5 rings (SSSR count). The van der Waals surface area contributed by atoms with E-state index in [1.807, 2.05) is 12.1 Å². The zero-order valence-corrected chi connectivity index (χ0v) is 20.7. The number of amides is 5. The van der Waals surface area contributed by atoms with Crippen LogP contribution in [0.2, 0.25) is 5.02 Å². The number of halogens is 1. The van der Waals surface area contributed by atoms with Gasteiger partial charge in [0.1, 0.15) is 6.04 Å². The average Bonchev–Trinajstić information content (AvgIpc) is 3.19. The molecule has 2 aliphatic heterocycles. The molecule has 1 atom stereocenters. The van der Waals surface area contributed by atoms with E-state index in [9.17, 15) is 19.2 Å². The predicted molar refractivity (Wildman–Crippen MR) is 136 cm³/mol. The Kier molecular flexibility index (Phi) is 6.71. The van der Waals surface area contributed by atoms with E-state index >= 15 is 0 Å². The summed E-state index contributed by atoms with van der Waals surface area (Å²) in [6.45, 7) is 0.782. The van der Waals surface area contributed by atoms with Crippen molar-refractivity contribution in [1.29, 1.82) is 0 Å². The zero-order chi connectivity index (χ0) is 25.3. The molecule has 0 bridgehead atoms. The number of urea groups is 1. The maximum Gasteiger partial charge on any atom is 0.319 e. The number of benzene rings is 2. The smallest absolute Gasteiger partial charge is 0.319 e. The fourth-order valence-electron chi connectivity index (χ4n) is 5.68. The van der Waals surface area contributed by atoms with Crippen molar-refractivity contribution >= 4 is 41.0 Å². The van der Waals surface area contributed by atoms with Gasteiger partial charge in [-0.15, -0.1) is 0 Å². The van der Waals surface area contributed by atoms with Crippen LogP contribution in [0, 0.1) is 0 Å². The van der Waals surface area contributed by atoms with Crippen molar-refractivity contribution in [2.75, 3.05) is 11.9 Å². The van der Waals surface area contributed by atoms with Gasteiger partial charge in [0.2, 0.25) is 11.8 Å². The summed E-state index contributed by atoms with van der Waals surface area (Å²) < 4.78 is 0. The second kappa shape index (κ2) is 9.93. The lowest BCUT2D eigenvalue weighted by Crippen LogP contribution is -2.52. The molecule has 0 aromatic heterocycles. The second-order valence-electron chi connectivity index (χ2n) is 9.93. The van der Waals surface area contributed by atoms with E-state index in [0.717, 1.165) is 31.2 Å². The van der Waals surface area contributed by atoms with Gasteiger partial charge in [-0.05, 0) is 60.7 Å². The summed E-state index contributed by atoms with van der Waals surface area (Å²) in [5, 5.41) is 8.95. The SMILES string of the molecule is O=C1CCC(N2Cc3cc(NC(=O)NCC4(c5ccc(Cl)cc5)CCCCC4)ccc3C2=O)C(=O)N1. The average molecular weight is 509 g/mol. The Morgan fingerprint density at radius 3 is 2.53 bits per heavy atom. The lowest BCUT2D eigenvalue weighted by Gasteiger charge is -2.38. The summed E-state index contributed by atoms with van der Waals surface area (Å²) in [4.78, 5) is 50.9. The Bertz CT molecular complexity index is 1210. The minimum atomic E-state index is -0.665. The third-order valence-electron chi connectivity index (χ3n) is 7.64. The molecule has 5 amide bonds. The van der Waals surface area contributed by atoms with Crippen LogP contribution in [0.5, 0.6) is 0 Å². The number of piperidine rings is 1. The molecule has 3 aliphatic rings. The van der Waals surface area contributed by atoms with Crippen LogP contribution in [0.3, 0.4) is 0 Å². The minimum absolute atomic E-state index is 0.118. The highest BCUT2D eigenvalue weighted by Gasteiger charge is 2.39. The van der Waals surface area contributed by atoms with Gasteiger partial charge < -0.3 is 15.5 Å². The molecule has 0 radical (unpaired) electrons. The fraction of sp³-hybridized carbons (Fsp3) is 0.407. The molecular weight excluding hydrogens is 480 g/mol. The summed E-state index contributed by atoms with van der Waals surface area (Å²) in [7, 11) is 0. The van der Waals surface area contributed by atoms with Crippen molar-refractivity contribution in [3.05, 3.63) is 64.2 Å². The van der Waals surface area contributed by atoms with Crippen LogP contribution in [0.1, 0.15) is 66.4 Å². The van der Waals surface area contributed by atoms with E-state index in [1.54, 1.807) is 18.2 Å². The molecule has 2 aromatic carbocycles. The number of imide groups is 1. The van der Waals surface area contributed by atoms with Gasteiger partial charge in [0.15, 0.2) is 0 Å². The lowest BCUT2D eigenvalue weighted by molar-refractivity contribution is -0.136. The van der Waals surface area contributed by atoms with Gasteiger partial charge >= 0.3 is 6.03 Å². The van der Waals surface area contributed by atoms with Crippen molar-refractivity contribution < 1.29 is 19.2 Å². The number of hydrogen-bond donors (Lipinski definition) is 3. The molecule has 8 nitrogen and oxygen atoms in total. The summed E-state index contributed by atoms with van der Waals surface area (Å²) in [5.74, 6) is -0.996. The van der Waals surface area contributed by atoms with Gasteiger partial charge in [-0.1, -0.05) is 43.0 Å². The number of hydrogen-bond acceptors (Lipinski definition) is 4. The summed E-state index contributed by atoms with van der Waals surface area (Å²) in [6, 6.07) is 12.1. The number of nitrogens with one attached hydrogen (secondary N) is 3. The number of rotatable bonds is 5. The van der Waals surface area contributed by atoms with Crippen LogP contribution in [-0.4, -0.2) is 41.2 Å². The topological polar surface area (TPSA) is 108 Å². The van der Waals surface area contributed by atoms with Crippen molar-refractivity contribution in [3.8, 4) is 0 Å². The van der Waals surface area contributed by atoms with Crippen LogP contribution >= 0.6 is 11.6 Å². The number of anilines is 1. The Hall–Kier alpha value is -3.39. The van der Waals surface area contributed by atoms with Gasteiger partial charge in [0.05, 0.1) is 0 Å². The number of carbonyl (C=O) groups is 4. The molecular formula is C27H29ClN4O4. The van der Waals surface area contributed by atoms with Crippen molar-refractivity contribution in [3.63, 3.8) is 0 Å². The molecule has 188 valence electrons. The summed E-state index contributed by atoms with van der Waals surface area (Å²) >= 11 is 6.09. The highest BCUT2D eigenvalue weighted by Crippen LogP contribution is 2.39. The van der Waals surface area contributed by atoms with Gasteiger partial charge in [0, 0.05) is 41.2 Å². The second-order valence-corrected chi connectivity index (χ2v) is 10.4. The maximum atomic E-state index is 12.9. The van der Waals surface area contributed by atoms with Crippen LogP contribution < -0.4 is 16.0 Å². The molecule has 1 saturated heterocycles. The van der Waals surface area contributed by atoms with E-state index in [-0.39, 0.29) is 36.2 Å². The molecule has 2 heterocycles. The first-order valence-corrected chi connectivity index (χ1v) is 12.8. The highest BCUT2D eigenvalue weighted by atomic mass is 35.5. The molecule has 3 N–H and O–H groups in total. The number of nitrogens with zero attached hydrogens (tertiary/aromatic N) is 1. The molecule has 2 fully saturated rings. The summed E-state index contributed by atoms with van der Waals surface area (Å²) in [5.41, 5.74) is 2.90. The van der Waals surface area contributed by atoms with Gasteiger partial charge in [0.25, 0.3) is 5.91 Å². The Labute approximate surface area is 214 Å². The Balaban J connectivity index is 1.24. The largest absolute Gasteiger partial charge is 0.337 e. The minimum Gasteiger partial charge on any atom is -0.337 e. The van der Waals surface area contributed by atoms with E-state index in [2.05, 4.69) is 28.1 Å². The van der Waals surface area contributed by atoms with E-state index in [4.69, 9.17) is 11.6 Å². The first kappa shape index (κ1) is 24.3. The quantitative estimate of drug-likeness (QED) is 0.528. The van der Waals surface area contributed by atoms with Crippen molar-refractivity contribution in [2.45, 2.75) is 62.9 Å². The lowest BCUT2D eigenvalue weighted by atomic mass is 9.69. The Morgan fingerprint density at radius 1 is 1.06 bits per heavy atom. The third kappa shape index (κ3) is 4.82. The Morgan fingerprint density at radius 2 is 1.81 bits per heavy atom. The predicted octanol–water partition coefficient (Wildman–Crippen LogP) is 4.12. The monoisotopic (exact) mass is 508 g/mol. The molecule has 1 saturated carbocycles. The van der Waals surface area contributed by atoms with E-state index in [0.29, 0.717) is 29.2 Å². The molecule has 1 aliphatic carbocycles. The van der Waals surface area contributed by atoms with Crippen LogP contribution in [-0.2, 0) is 21.5 Å². The molecule has 0 spiro atoms. The van der Waals surface area contributed by atoms with Gasteiger partial charge in [-0.25, -0.2) is 4.79 Å². The highest BCUT2D eigenvalue weighted by molar-refractivity contribution is 6.30. The van der Waals surface area contributed by atoms with E-state index in [1.165, 1.54) is 16.9 Å². The van der Waals surface area contributed by atoms with Crippen molar-refractivity contribution in [2.24, 2.45) is 0 Å². The standard InChI is InChI=1S/C27H29ClN4O4/c28-19-6-4-18(5-7-19)27(12-2-1-3-13-27)16-29-26(36)30-20-8-9-21-17(14-20)15-32(25(21)35)22-10-11-23(33)31-24(22)34/h4-9,14,22H,1-3,10-13,15-16H2,(H2,29,30,36)(H,31,33,34). The number of fused-ring (bicyclic) bond motifs is 1.